The molecule has 2 fully saturated rings. The van der Waals surface area contributed by atoms with E-state index in [-0.39, 0.29) is 5.60 Å². The molecule has 3 rings (SSSR count). The Morgan fingerprint density at radius 1 is 1.38 bits per heavy atom. The predicted molar refractivity (Wildman–Crippen MR) is 66.3 cm³/mol. The monoisotopic (exact) mass is 220 g/mol. The summed E-state index contributed by atoms with van der Waals surface area (Å²) in [6.07, 6.45) is 8.02. The zero-order chi connectivity index (χ0) is 11.6. The van der Waals surface area contributed by atoms with Crippen molar-refractivity contribution in [3.05, 3.63) is 11.6 Å². The van der Waals surface area contributed by atoms with Gasteiger partial charge in [-0.25, -0.2) is 0 Å². The molecule has 0 N–H and O–H groups in total. The summed E-state index contributed by atoms with van der Waals surface area (Å²) in [4.78, 5) is 0. The third-order valence-corrected chi connectivity index (χ3v) is 5.28. The molecule has 90 valence electrons. The lowest BCUT2D eigenvalue weighted by atomic mass is 9.65. The number of hydrogen-bond acceptors (Lipinski definition) is 1. The van der Waals surface area contributed by atoms with E-state index in [0.717, 1.165) is 18.3 Å². The van der Waals surface area contributed by atoms with Crippen LogP contribution < -0.4 is 0 Å². The van der Waals surface area contributed by atoms with Crippen molar-refractivity contribution in [3.8, 4) is 0 Å². The maximum atomic E-state index is 6.51. The second kappa shape index (κ2) is 3.13. The van der Waals surface area contributed by atoms with Gasteiger partial charge in [-0.15, -0.1) is 0 Å². The summed E-state index contributed by atoms with van der Waals surface area (Å²) in [5.74, 6) is 1.59. The van der Waals surface area contributed by atoms with Crippen molar-refractivity contribution in [1.29, 1.82) is 0 Å². The lowest BCUT2D eigenvalue weighted by Gasteiger charge is -2.53. The molecule has 0 aromatic carbocycles. The van der Waals surface area contributed by atoms with Gasteiger partial charge in [0.2, 0.25) is 0 Å². The quantitative estimate of drug-likeness (QED) is 0.562. The molecular weight excluding hydrogens is 196 g/mol. The zero-order valence-electron chi connectivity index (χ0n) is 11.0. The highest BCUT2D eigenvalue weighted by Crippen LogP contribution is 2.57. The van der Waals surface area contributed by atoms with Crippen molar-refractivity contribution >= 4 is 0 Å². The highest BCUT2D eigenvalue weighted by molar-refractivity contribution is 5.23. The van der Waals surface area contributed by atoms with Gasteiger partial charge in [-0.3, -0.25) is 0 Å². The summed E-state index contributed by atoms with van der Waals surface area (Å²) in [6, 6.07) is 0. The van der Waals surface area contributed by atoms with Crippen LogP contribution in [0.15, 0.2) is 11.6 Å². The van der Waals surface area contributed by atoms with Crippen LogP contribution in [0.4, 0.5) is 0 Å². The van der Waals surface area contributed by atoms with Crippen molar-refractivity contribution in [2.75, 3.05) is 0 Å². The van der Waals surface area contributed by atoms with Gasteiger partial charge in [0, 0.05) is 0 Å². The van der Waals surface area contributed by atoms with Crippen LogP contribution >= 0.6 is 0 Å². The third-order valence-electron chi connectivity index (χ3n) is 5.28. The van der Waals surface area contributed by atoms with Gasteiger partial charge in [0.25, 0.3) is 0 Å². The van der Waals surface area contributed by atoms with Crippen molar-refractivity contribution in [2.45, 2.75) is 65.1 Å². The van der Waals surface area contributed by atoms with E-state index in [2.05, 4.69) is 33.8 Å². The number of ether oxygens (including phenoxy) is 1. The Balaban J connectivity index is 2.04. The Kier molecular flexibility index (Phi) is 2.12. The fourth-order valence-corrected chi connectivity index (χ4v) is 4.26. The minimum atomic E-state index is 0.127. The topological polar surface area (TPSA) is 9.23 Å². The van der Waals surface area contributed by atoms with Crippen LogP contribution in [-0.2, 0) is 4.74 Å². The molecular formula is C15H24O. The van der Waals surface area contributed by atoms with Crippen molar-refractivity contribution in [2.24, 2.45) is 17.3 Å². The van der Waals surface area contributed by atoms with Crippen LogP contribution in [0, 0.1) is 17.3 Å². The molecule has 0 radical (unpaired) electrons. The Morgan fingerprint density at radius 2 is 2.12 bits per heavy atom. The van der Waals surface area contributed by atoms with Gasteiger partial charge in [0.1, 0.15) is 0 Å². The Morgan fingerprint density at radius 3 is 2.88 bits per heavy atom. The van der Waals surface area contributed by atoms with Gasteiger partial charge in [0.05, 0.1) is 11.7 Å². The minimum absolute atomic E-state index is 0.127. The largest absolute Gasteiger partial charge is 0.366 e. The first kappa shape index (κ1) is 10.8. The molecule has 2 aliphatic heterocycles. The highest BCUT2D eigenvalue weighted by atomic mass is 16.5. The summed E-state index contributed by atoms with van der Waals surface area (Å²) < 4.78 is 6.51. The number of fused-ring (bicyclic) bond motifs is 1. The van der Waals surface area contributed by atoms with Crippen molar-refractivity contribution in [1.82, 2.24) is 0 Å². The van der Waals surface area contributed by atoms with E-state index in [1.807, 2.05) is 0 Å². The standard InChI is InChI=1S/C15H24O/c1-10-7-13-14(3,4)9-12-11(2)5-6-15(12,8-10)16-13/h8,11-13H,5-7,9H2,1-4H3/t11-,12+,13+,15+/m1/s1. The molecule has 1 spiro atoms. The van der Waals surface area contributed by atoms with E-state index in [1.165, 1.54) is 19.3 Å². The molecule has 16 heavy (non-hydrogen) atoms. The molecule has 2 bridgehead atoms. The lowest BCUT2D eigenvalue weighted by Crippen LogP contribution is -2.54. The third kappa shape index (κ3) is 1.33. The molecule has 0 unspecified atom stereocenters. The van der Waals surface area contributed by atoms with E-state index in [9.17, 15) is 0 Å². The summed E-state index contributed by atoms with van der Waals surface area (Å²) in [6.45, 7) is 9.49. The summed E-state index contributed by atoms with van der Waals surface area (Å²) in [7, 11) is 0. The van der Waals surface area contributed by atoms with E-state index in [4.69, 9.17) is 4.74 Å². The van der Waals surface area contributed by atoms with Crippen molar-refractivity contribution in [3.63, 3.8) is 0 Å². The van der Waals surface area contributed by atoms with Crippen LogP contribution in [-0.4, -0.2) is 11.7 Å². The maximum absolute atomic E-state index is 6.51. The van der Waals surface area contributed by atoms with Gasteiger partial charge >= 0.3 is 0 Å². The smallest absolute Gasteiger partial charge is 0.0900 e. The number of hydrogen-bond donors (Lipinski definition) is 0. The van der Waals surface area contributed by atoms with Crippen molar-refractivity contribution < 1.29 is 4.74 Å². The SMILES string of the molecule is CC1=C[C@@]23CC[C@@H](C)[C@@H]2CC(C)(C)[C@H](C1)O3. The summed E-state index contributed by atoms with van der Waals surface area (Å²) in [5.41, 5.74) is 2.05. The minimum Gasteiger partial charge on any atom is -0.366 e. The molecule has 1 nitrogen and oxygen atoms in total. The molecule has 1 saturated heterocycles. The molecule has 2 heterocycles. The first-order valence-electron chi connectivity index (χ1n) is 6.79. The van der Waals surface area contributed by atoms with Crippen LogP contribution in [0.5, 0.6) is 0 Å². The summed E-state index contributed by atoms with van der Waals surface area (Å²) >= 11 is 0. The van der Waals surface area contributed by atoms with E-state index in [1.54, 1.807) is 5.57 Å². The maximum Gasteiger partial charge on any atom is 0.0900 e. The van der Waals surface area contributed by atoms with E-state index >= 15 is 0 Å². The normalized spacial score (nSPS) is 49.8. The Labute approximate surface area is 99.3 Å². The molecule has 0 aromatic heterocycles. The molecule has 3 aliphatic rings. The highest BCUT2D eigenvalue weighted by Gasteiger charge is 2.56. The fourth-order valence-electron chi connectivity index (χ4n) is 4.26. The van der Waals surface area contributed by atoms with E-state index < -0.39 is 0 Å². The van der Waals surface area contributed by atoms with Crippen LogP contribution in [0.3, 0.4) is 0 Å². The second-order valence-electron chi connectivity index (χ2n) is 7.07. The lowest BCUT2D eigenvalue weighted by molar-refractivity contribution is -0.188. The van der Waals surface area contributed by atoms with Crippen LogP contribution in [0.25, 0.3) is 0 Å². The Hall–Kier alpha value is -0.300. The fraction of sp³-hybridized carbons (Fsp3) is 0.867. The first-order valence-corrected chi connectivity index (χ1v) is 6.79. The average Bonchev–Trinajstić information content (AvgIpc) is 2.45. The second-order valence-corrected chi connectivity index (χ2v) is 7.07. The molecule has 4 atom stereocenters. The molecule has 1 aliphatic carbocycles. The Bertz CT molecular complexity index is 341. The van der Waals surface area contributed by atoms with E-state index in [0.29, 0.717) is 11.5 Å². The first-order chi connectivity index (χ1) is 7.43. The predicted octanol–water partition coefficient (Wildman–Crippen LogP) is 3.94. The molecule has 0 amide bonds. The molecule has 1 heteroatoms. The van der Waals surface area contributed by atoms with Gasteiger partial charge in [-0.05, 0) is 49.9 Å². The zero-order valence-corrected chi connectivity index (χ0v) is 11.0. The van der Waals surface area contributed by atoms with Gasteiger partial charge in [-0.1, -0.05) is 32.4 Å². The summed E-state index contributed by atoms with van der Waals surface area (Å²) in [5, 5.41) is 0. The van der Waals surface area contributed by atoms with Gasteiger partial charge in [0.15, 0.2) is 0 Å². The average molecular weight is 220 g/mol. The van der Waals surface area contributed by atoms with Gasteiger partial charge in [-0.2, -0.15) is 0 Å². The van der Waals surface area contributed by atoms with Crippen LogP contribution in [0.1, 0.15) is 53.4 Å². The molecule has 0 aromatic rings. The van der Waals surface area contributed by atoms with Crippen LogP contribution in [0.2, 0.25) is 0 Å². The molecule has 1 saturated carbocycles. The number of rotatable bonds is 0. The van der Waals surface area contributed by atoms with Gasteiger partial charge < -0.3 is 4.74 Å².